The van der Waals surface area contributed by atoms with Crippen LogP contribution in [0.5, 0.6) is 0 Å². The summed E-state index contributed by atoms with van der Waals surface area (Å²) in [4.78, 5) is 0. The number of nitrogens with one attached hydrogen (secondary N) is 1. The Morgan fingerprint density at radius 1 is 1.15 bits per heavy atom. The van der Waals surface area contributed by atoms with Gasteiger partial charge in [0, 0.05) is 47.3 Å². The fraction of sp³-hybridized carbons (Fsp3) is 0.318. The van der Waals surface area contributed by atoms with E-state index in [0.717, 1.165) is 9.87 Å². The van der Waals surface area contributed by atoms with Gasteiger partial charge in [-0.15, -0.1) is 0 Å². The maximum absolute atomic E-state index is 14.1. The lowest BCUT2D eigenvalue weighted by Gasteiger charge is -2.25. The number of aromatic nitrogens is 1. The van der Waals surface area contributed by atoms with Gasteiger partial charge in [0.25, 0.3) is 10.2 Å². The van der Waals surface area contributed by atoms with Crippen molar-refractivity contribution in [3.8, 4) is 6.07 Å². The van der Waals surface area contributed by atoms with E-state index in [1.807, 2.05) is 10.8 Å². The van der Waals surface area contributed by atoms with Crippen LogP contribution in [0.1, 0.15) is 36.6 Å². The third kappa shape index (κ3) is 5.50. The van der Waals surface area contributed by atoms with Crippen molar-refractivity contribution >= 4 is 32.7 Å². The third-order valence-corrected chi connectivity index (χ3v) is 7.24. The van der Waals surface area contributed by atoms with Crippen LogP contribution in [0.4, 0.5) is 13.2 Å². The van der Waals surface area contributed by atoms with Crippen molar-refractivity contribution in [2.45, 2.75) is 32.6 Å². The molecule has 6 nitrogen and oxygen atoms in total. The summed E-state index contributed by atoms with van der Waals surface area (Å²) in [7, 11) is -4.40. The number of benzene rings is 2. The van der Waals surface area contributed by atoms with Gasteiger partial charge in [0.1, 0.15) is 6.04 Å². The first-order valence-electron chi connectivity index (χ1n) is 10.1. The zero-order valence-electron chi connectivity index (χ0n) is 17.9. The molecule has 1 heterocycles. The number of nitriles is 1. The van der Waals surface area contributed by atoms with Gasteiger partial charge in [0.15, 0.2) is 0 Å². The highest BCUT2D eigenvalue weighted by molar-refractivity contribution is 7.87. The molecule has 0 fully saturated rings. The Balaban J connectivity index is 2.16. The highest BCUT2D eigenvalue weighted by atomic mass is 35.5. The van der Waals surface area contributed by atoms with Gasteiger partial charge in [0.2, 0.25) is 0 Å². The van der Waals surface area contributed by atoms with E-state index in [1.165, 1.54) is 24.4 Å². The quantitative estimate of drug-likeness (QED) is 0.475. The minimum absolute atomic E-state index is 0.0280. The van der Waals surface area contributed by atoms with E-state index in [-0.39, 0.29) is 36.1 Å². The van der Waals surface area contributed by atoms with E-state index >= 15 is 0 Å². The lowest BCUT2D eigenvalue weighted by atomic mass is 10.0. The first kappa shape index (κ1) is 25.1. The third-order valence-electron chi connectivity index (χ3n) is 5.26. The summed E-state index contributed by atoms with van der Waals surface area (Å²) in [5, 5.41) is 9.99. The molecule has 1 N–H and O–H groups in total. The fourth-order valence-corrected chi connectivity index (χ4v) is 5.14. The van der Waals surface area contributed by atoms with Crippen LogP contribution in [0.15, 0.2) is 48.7 Å². The smallest absolute Gasteiger partial charge is 0.343 e. The van der Waals surface area contributed by atoms with Crippen LogP contribution >= 0.6 is 11.6 Å². The van der Waals surface area contributed by atoms with E-state index in [1.54, 1.807) is 42.7 Å². The molecule has 2 aromatic carbocycles. The molecule has 0 radical (unpaired) electrons. The van der Waals surface area contributed by atoms with Crippen molar-refractivity contribution in [2.75, 3.05) is 13.1 Å². The Labute approximate surface area is 195 Å². The lowest BCUT2D eigenvalue weighted by molar-refractivity contribution is -0.153. The average Bonchev–Trinajstić information content (AvgIpc) is 3.10. The molecule has 1 unspecified atom stereocenters. The number of alkyl halides is 3. The van der Waals surface area contributed by atoms with E-state index in [0.29, 0.717) is 10.5 Å². The topological polar surface area (TPSA) is 78.1 Å². The Morgan fingerprint density at radius 2 is 1.79 bits per heavy atom. The molecule has 0 aliphatic heterocycles. The maximum atomic E-state index is 14.1. The monoisotopic (exact) mass is 498 g/mol. The van der Waals surface area contributed by atoms with Crippen LogP contribution < -0.4 is 4.72 Å². The highest BCUT2D eigenvalue weighted by Gasteiger charge is 2.45. The minimum atomic E-state index is -4.90. The Hall–Kier alpha value is -2.58. The minimum Gasteiger partial charge on any atom is -0.343 e. The second-order valence-corrected chi connectivity index (χ2v) is 9.50. The number of fused-ring (bicyclic) bond motifs is 1. The first-order valence-corrected chi connectivity index (χ1v) is 11.9. The summed E-state index contributed by atoms with van der Waals surface area (Å²) in [6.45, 7) is 3.36. The molecular weight excluding hydrogens is 477 g/mol. The van der Waals surface area contributed by atoms with Gasteiger partial charge in [-0.25, -0.2) is 0 Å². The standard InChI is InChI=1S/C22H22ClF3N4O2S/c1-3-30(4-2)33(31,32)28-21(22(24,25)26)19-14-29(13-15-5-8-17(23)9-6-15)20-11-16(12-27)7-10-18(19)20/h5-11,14,21,28H,3-4,13H2,1-2H3. The summed E-state index contributed by atoms with van der Waals surface area (Å²) in [6.07, 6.45) is -3.61. The second-order valence-electron chi connectivity index (χ2n) is 7.36. The maximum Gasteiger partial charge on any atom is 0.409 e. The van der Waals surface area contributed by atoms with E-state index in [4.69, 9.17) is 11.6 Å². The van der Waals surface area contributed by atoms with Gasteiger partial charge in [-0.05, 0) is 29.8 Å². The Bertz CT molecular complexity index is 1280. The van der Waals surface area contributed by atoms with Crippen LogP contribution in [-0.4, -0.2) is 36.6 Å². The summed E-state index contributed by atoms with van der Waals surface area (Å²) < 4.78 is 72.0. The molecule has 33 heavy (non-hydrogen) atoms. The van der Waals surface area contributed by atoms with Crippen LogP contribution in [-0.2, 0) is 16.8 Å². The Kier molecular flexibility index (Phi) is 7.39. The summed E-state index contributed by atoms with van der Waals surface area (Å²) in [5.74, 6) is 0. The van der Waals surface area contributed by atoms with Crippen molar-refractivity contribution in [3.05, 3.63) is 70.4 Å². The van der Waals surface area contributed by atoms with Gasteiger partial charge in [-0.3, -0.25) is 0 Å². The SMILES string of the molecule is CCN(CC)S(=O)(=O)NC(c1cn(Cc2ccc(Cl)cc2)c2cc(C#N)ccc12)C(F)(F)F. The van der Waals surface area contributed by atoms with E-state index < -0.39 is 22.4 Å². The van der Waals surface area contributed by atoms with E-state index in [2.05, 4.69) is 0 Å². The largest absolute Gasteiger partial charge is 0.409 e. The molecule has 1 aromatic heterocycles. The lowest BCUT2D eigenvalue weighted by Crippen LogP contribution is -2.46. The molecule has 11 heteroatoms. The van der Waals surface area contributed by atoms with Crippen molar-refractivity contribution in [1.82, 2.24) is 13.6 Å². The normalized spacial score (nSPS) is 13.4. The van der Waals surface area contributed by atoms with Crippen LogP contribution in [0, 0.1) is 11.3 Å². The van der Waals surface area contributed by atoms with Gasteiger partial charge in [-0.1, -0.05) is 43.6 Å². The fourth-order valence-electron chi connectivity index (χ4n) is 3.63. The van der Waals surface area contributed by atoms with Gasteiger partial charge < -0.3 is 4.57 Å². The molecular formula is C22H22ClF3N4O2S. The molecule has 0 amide bonds. The first-order chi connectivity index (χ1) is 15.5. The number of halogens is 4. The van der Waals surface area contributed by atoms with Crippen molar-refractivity contribution in [2.24, 2.45) is 0 Å². The zero-order valence-corrected chi connectivity index (χ0v) is 19.5. The average molecular weight is 499 g/mol. The molecule has 1 atom stereocenters. The summed E-state index contributed by atoms with van der Waals surface area (Å²) >= 11 is 5.92. The van der Waals surface area contributed by atoms with Crippen molar-refractivity contribution in [3.63, 3.8) is 0 Å². The molecule has 3 rings (SSSR count). The van der Waals surface area contributed by atoms with Gasteiger partial charge in [0.05, 0.1) is 11.6 Å². The van der Waals surface area contributed by atoms with Crippen LogP contribution in [0.25, 0.3) is 10.9 Å². The van der Waals surface area contributed by atoms with Crippen LogP contribution in [0.2, 0.25) is 5.02 Å². The number of hydrogen-bond acceptors (Lipinski definition) is 3. The van der Waals surface area contributed by atoms with Crippen molar-refractivity contribution in [1.29, 1.82) is 5.26 Å². The second kappa shape index (κ2) is 9.73. The highest BCUT2D eigenvalue weighted by Crippen LogP contribution is 2.38. The summed E-state index contributed by atoms with van der Waals surface area (Å²) in [5.41, 5.74) is 1.19. The predicted molar refractivity (Wildman–Crippen MR) is 121 cm³/mol. The van der Waals surface area contributed by atoms with Gasteiger partial charge in [-0.2, -0.15) is 35.9 Å². The molecule has 0 bridgehead atoms. The molecule has 0 saturated heterocycles. The van der Waals surface area contributed by atoms with Gasteiger partial charge >= 0.3 is 6.18 Å². The molecule has 0 aliphatic rings. The number of nitrogens with zero attached hydrogens (tertiary/aromatic N) is 3. The molecule has 176 valence electrons. The molecule has 0 spiro atoms. The predicted octanol–water partition coefficient (Wildman–Crippen LogP) is 4.99. The molecule has 0 saturated carbocycles. The van der Waals surface area contributed by atoms with E-state index in [9.17, 15) is 26.9 Å². The molecule has 3 aromatic rings. The van der Waals surface area contributed by atoms with Crippen LogP contribution in [0.3, 0.4) is 0 Å². The molecule has 0 aliphatic carbocycles. The zero-order chi connectivity index (χ0) is 24.4. The van der Waals surface area contributed by atoms with Crippen molar-refractivity contribution < 1.29 is 21.6 Å². The summed E-state index contributed by atoms with van der Waals surface area (Å²) in [6, 6.07) is 10.6. The Morgan fingerprint density at radius 3 is 2.33 bits per heavy atom. The number of rotatable bonds is 8. The number of hydrogen-bond donors (Lipinski definition) is 1.